The maximum absolute atomic E-state index is 11.2. The number of carbonyl (C=O) groups excluding carboxylic acids is 1. The Hall–Kier alpha value is -1.39. The number of benzene rings is 1. The minimum Gasteiger partial charge on any atom is -0.366 e. The number of hydrogen-bond acceptors (Lipinski definition) is 3. The summed E-state index contributed by atoms with van der Waals surface area (Å²) in [6.45, 7) is 3.89. The number of primary amides is 1. The summed E-state index contributed by atoms with van der Waals surface area (Å²) in [6.07, 6.45) is 2.23. The molecule has 0 radical (unpaired) electrons. The number of hydrogen-bond donors (Lipinski definition) is 3. The molecule has 0 atom stereocenters. The van der Waals surface area contributed by atoms with Crippen molar-refractivity contribution in [3.05, 3.63) is 34.9 Å². The second kappa shape index (κ2) is 5.29. The van der Waals surface area contributed by atoms with E-state index in [2.05, 4.69) is 16.9 Å². The van der Waals surface area contributed by atoms with Gasteiger partial charge in [0.05, 0.1) is 0 Å². The van der Waals surface area contributed by atoms with Gasteiger partial charge >= 0.3 is 0 Å². The first-order valence-electron chi connectivity index (χ1n) is 6.04. The molecule has 0 spiro atoms. The van der Waals surface area contributed by atoms with Gasteiger partial charge in [-0.1, -0.05) is 12.1 Å². The normalized spacial score (nSPS) is 17.7. The molecule has 1 aromatic rings. The van der Waals surface area contributed by atoms with Crippen LogP contribution in [-0.2, 0) is 0 Å². The predicted molar refractivity (Wildman–Crippen MR) is 67.7 cm³/mol. The van der Waals surface area contributed by atoms with Crippen molar-refractivity contribution in [3.63, 3.8) is 0 Å². The number of aryl methyl sites for hydroxylation is 1. The van der Waals surface area contributed by atoms with Gasteiger partial charge in [0, 0.05) is 18.7 Å². The Morgan fingerprint density at radius 2 is 1.94 bits per heavy atom. The molecule has 0 aromatic heterocycles. The molecule has 4 nitrogen and oxygen atoms in total. The molecule has 2 rings (SSSR count). The number of nitrogens with two attached hydrogens (primary N) is 1. The zero-order valence-electron chi connectivity index (χ0n) is 10.1. The van der Waals surface area contributed by atoms with Gasteiger partial charge in [-0.15, -0.1) is 0 Å². The van der Waals surface area contributed by atoms with E-state index in [9.17, 15) is 4.79 Å². The first-order chi connectivity index (χ1) is 8.18. The first kappa shape index (κ1) is 12.1. The molecule has 1 fully saturated rings. The molecule has 1 heterocycles. The van der Waals surface area contributed by atoms with Gasteiger partial charge in [0.1, 0.15) is 0 Å². The largest absolute Gasteiger partial charge is 0.366 e. The summed E-state index contributed by atoms with van der Waals surface area (Å²) < 4.78 is 0. The number of amides is 1. The monoisotopic (exact) mass is 233 g/mol. The lowest BCUT2D eigenvalue weighted by atomic mass is 9.90. The molecule has 17 heavy (non-hydrogen) atoms. The van der Waals surface area contributed by atoms with Gasteiger partial charge in [-0.2, -0.15) is 0 Å². The van der Waals surface area contributed by atoms with Crippen molar-refractivity contribution in [3.8, 4) is 0 Å². The van der Waals surface area contributed by atoms with Gasteiger partial charge in [0.15, 0.2) is 0 Å². The average molecular weight is 233 g/mol. The summed E-state index contributed by atoms with van der Waals surface area (Å²) in [5.41, 5.74) is 14.5. The van der Waals surface area contributed by atoms with Gasteiger partial charge in [0.25, 0.3) is 0 Å². The third kappa shape index (κ3) is 2.84. The van der Waals surface area contributed by atoms with Crippen LogP contribution in [0.15, 0.2) is 18.2 Å². The Morgan fingerprint density at radius 3 is 2.47 bits per heavy atom. The van der Waals surface area contributed by atoms with Gasteiger partial charge in [0.2, 0.25) is 5.91 Å². The van der Waals surface area contributed by atoms with E-state index in [0.29, 0.717) is 11.5 Å². The summed E-state index contributed by atoms with van der Waals surface area (Å²) in [4.78, 5) is 11.2. The van der Waals surface area contributed by atoms with Crippen molar-refractivity contribution < 1.29 is 4.79 Å². The highest BCUT2D eigenvalue weighted by molar-refractivity contribution is 5.94. The van der Waals surface area contributed by atoms with Crippen LogP contribution in [-0.4, -0.2) is 19.0 Å². The quantitative estimate of drug-likeness (QED) is 0.715. The molecule has 0 bridgehead atoms. The maximum atomic E-state index is 11.2. The highest BCUT2D eigenvalue weighted by atomic mass is 16.1. The Kier molecular flexibility index (Phi) is 3.76. The van der Waals surface area contributed by atoms with Gasteiger partial charge in [-0.05, 0) is 42.9 Å². The second-order valence-corrected chi connectivity index (χ2v) is 4.57. The molecular weight excluding hydrogens is 214 g/mol. The van der Waals surface area contributed by atoms with E-state index in [0.717, 1.165) is 31.5 Å². The Bertz CT molecular complexity index is 409. The van der Waals surface area contributed by atoms with Crippen LogP contribution in [0.3, 0.4) is 0 Å². The predicted octanol–water partition coefficient (Wildman–Crippen LogP) is 1.07. The average Bonchev–Trinajstić information content (AvgIpc) is 2.56. The molecule has 0 saturated carbocycles. The van der Waals surface area contributed by atoms with Gasteiger partial charge in [-0.3, -0.25) is 15.6 Å². The molecule has 1 aliphatic rings. The fourth-order valence-electron chi connectivity index (χ4n) is 2.36. The van der Waals surface area contributed by atoms with Crippen LogP contribution < -0.4 is 16.6 Å². The zero-order chi connectivity index (χ0) is 12.3. The Morgan fingerprint density at radius 1 is 1.29 bits per heavy atom. The zero-order valence-corrected chi connectivity index (χ0v) is 10.1. The van der Waals surface area contributed by atoms with E-state index in [1.165, 1.54) is 5.56 Å². The van der Waals surface area contributed by atoms with Crippen LogP contribution in [0.2, 0.25) is 0 Å². The molecular formula is C13H19N3O. The molecule has 1 amide bonds. The van der Waals surface area contributed by atoms with Gasteiger partial charge < -0.3 is 5.73 Å². The maximum Gasteiger partial charge on any atom is 0.248 e. The van der Waals surface area contributed by atoms with Crippen LogP contribution in [0.25, 0.3) is 0 Å². The van der Waals surface area contributed by atoms with E-state index >= 15 is 0 Å². The van der Waals surface area contributed by atoms with Crippen LogP contribution >= 0.6 is 0 Å². The van der Waals surface area contributed by atoms with E-state index in [1.807, 2.05) is 19.1 Å². The lowest BCUT2D eigenvalue weighted by Gasteiger charge is -2.15. The highest BCUT2D eigenvalue weighted by Gasteiger charge is 2.15. The Labute approximate surface area is 102 Å². The van der Waals surface area contributed by atoms with E-state index in [-0.39, 0.29) is 5.91 Å². The summed E-state index contributed by atoms with van der Waals surface area (Å²) >= 11 is 0. The molecule has 0 unspecified atom stereocenters. The molecule has 4 heteroatoms. The topological polar surface area (TPSA) is 67.2 Å². The summed E-state index contributed by atoms with van der Waals surface area (Å²) in [7, 11) is 0. The molecule has 4 N–H and O–H groups in total. The standard InChI is InChI=1S/C13H19N3O/c1-9-8-11(2-3-12(9)13(14)17)10-4-6-15-16-7-5-10/h2-3,8,10,15-16H,4-7H2,1H3,(H2,14,17). The fourth-order valence-corrected chi connectivity index (χ4v) is 2.36. The minimum atomic E-state index is -0.349. The molecule has 0 aliphatic carbocycles. The molecule has 92 valence electrons. The van der Waals surface area contributed by atoms with Crippen LogP contribution in [0.4, 0.5) is 0 Å². The van der Waals surface area contributed by atoms with Crippen LogP contribution in [0, 0.1) is 6.92 Å². The van der Waals surface area contributed by atoms with Crippen molar-refractivity contribution in [2.24, 2.45) is 5.73 Å². The van der Waals surface area contributed by atoms with Crippen molar-refractivity contribution in [1.82, 2.24) is 10.9 Å². The number of carbonyl (C=O) groups is 1. The number of rotatable bonds is 2. The lowest BCUT2D eigenvalue weighted by molar-refractivity contribution is 0.0999. The lowest BCUT2D eigenvalue weighted by Crippen LogP contribution is -2.30. The highest BCUT2D eigenvalue weighted by Crippen LogP contribution is 2.25. The molecule has 1 aliphatic heterocycles. The van der Waals surface area contributed by atoms with E-state index in [1.54, 1.807) is 0 Å². The Balaban J connectivity index is 2.21. The second-order valence-electron chi connectivity index (χ2n) is 4.57. The van der Waals surface area contributed by atoms with Crippen LogP contribution in [0.1, 0.15) is 40.2 Å². The van der Waals surface area contributed by atoms with Crippen molar-refractivity contribution >= 4 is 5.91 Å². The first-order valence-corrected chi connectivity index (χ1v) is 6.04. The van der Waals surface area contributed by atoms with E-state index < -0.39 is 0 Å². The third-order valence-electron chi connectivity index (χ3n) is 3.35. The summed E-state index contributed by atoms with van der Waals surface area (Å²) in [6, 6.07) is 5.97. The van der Waals surface area contributed by atoms with E-state index in [4.69, 9.17) is 5.73 Å². The van der Waals surface area contributed by atoms with Crippen molar-refractivity contribution in [2.75, 3.05) is 13.1 Å². The fraction of sp³-hybridized carbons (Fsp3) is 0.462. The molecule has 1 aromatic carbocycles. The SMILES string of the molecule is Cc1cc(C2CCNNCC2)ccc1C(N)=O. The van der Waals surface area contributed by atoms with Crippen molar-refractivity contribution in [1.29, 1.82) is 0 Å². The number of hydrazine groups is 1. The summed E-state index contributed by atoms with van der Waals surface area (Å²) in [5.74, 6) is 0.205. The summed E-state index contributed by atoms with van der Waals surface area (Å²) in [5, 5.41) is 0. The molecule has 1 saturated heterocycles. The third-order valence-corrected chi connectivity index (χ3v) is 3.35. The van der Waals surface area contributed by atoms with Crippen molar-refractivity contribution in [2.45, 2.75) is 25.7 Å². The van der Waals surface area contributed by atoms with Gasteiger partial charge in [-0.25, -0.2) is 0 Å². The smallest absolute Gasteiger partial charge is 0.248 e. The number of nitrogens with one attached hydrogen (secondary N) is 2. The van der Waals surface area contributed by atoms with Crippen LogP contribution in [0.5, 0.6) is 0 Å². The minimum absolute atomic E-state index is 0.349.